The van der Waals surface area contributed by atoms with Crippen LogP contribution in [0.2, 0.25) is 0 Å². The number of hydrogen-bond donors (Lipinski definition) is 4. The van der Waals surface area contributed by atoms with Gasteiger partial charge in [0.15, 0.2) is 5.79 Å². The third-order valence-electron chi connectivity index (χ3n) is 3.83. The van der Waals surface area contributed by atoms with Crippen LogP contribution in [0, 0.1) is 19.8 Å². The van der Waals surface area contributed by atoms with Gasteiger partial charge in [0.1, 0.15) is 11.5 Å². The van der Waals surface area contributed by atoms with Crippen molar-refractivity contribution in [2.75, 3.05) is 0 Å². The van der Waals surface area contributed by atoms with Crippen LogP contribution in [0.25, 0.3) is 5.57 Å². The number of aryl methyl sites for hydroxylation is 2. The smallest absolute Gasteiger partial charge is 0.200 e. The summed E-state index contributed by atoms with van der Waals surface area (Å²) in [7, 11) is 0. The summed E-state index contributed by atoms with van der Waals surface area (Å²) in [5, 5.41) is 41.1. The first kappa shape index (κ1) is 14.6. The quantitative estimate of drug-likeness (QED) is 0.594. The van der Waals surface area contributed by atoms with Crippen molar-refractivity contribution in [3.8, 4) is 5.75 Å². The lowest BCUT2D eigenvalue weighted by molar-refractivity contribution is -0.136. The number of phenols is 1. The third kappa shape index (κ3) is 2.11. The number of aliphatic hydroxyl groups is 3. The Labute approximate surface area is 118 Å². The Morgan fingerprint density at radius 2 is 1.65 bits per heavy atom. The van der Waals surface area contributed by atoms with Gasteiger partial charge >= 0.3 is 0 Å². The summed E-state index contributed by atoms with van der Waals surface area (Å²) in [6, 6.07) is 3.43. The van der Waals surface area contributed by atoms with Gasteiger partial charge in [0.25, 0.3) is 0 Å². The molecule has 1 aromatic carbocycles. The van der Waals surface area contributed by atoms with Crippen LogP contribution in [0.3, 0.4) is 0 Å². The molecule has 20 heavy (non-hydrogen) atoms. The van der Waals surface area contributed by atoms with Crippen molar-refractivity contribution in [3.63, 3.8) is 0 Å². The molecule has 2 rings (SSSR count). The summed E-state index contributed by atoms with van der Waals surface area (Å²) in [6.07, 6.45) is 1.60. The molecule has 0 spiro atoms. The van der Waals surface area contributed by atoms with E-state index >= 15 is 0 Å². The van der Waals surface area contributed by atoms with Gasteiger partial charge < -0.3 is 20.4 Å². The number of rotatable bonds is 1. The van der Waals surface area contributed by atoms with E-state index < -0.39 is 11.7 Å². The SMILES string of the molecule is CC1=CC(C)C(O)(O)C(c2cc(C)cc(C)c2O)=C1O. The number of phenolic OH excluding ortho intramolecular Hbond substituents is 1. The van der Waals surface area contributed by atoms with E-state index in [1.807, 2.05) is 6.92 Å². The third-order valence-corrected chi connectivity index (χ3v) is 3.83. The zero-order valence-corrected chi connectivity index (χ0v) is 12.1. The van der Waals surface area contributed by atoms with Crippen LogP contribution in [0.1, 0.15) is 30.5 Å². The Bertz CT molecular complexity index is 624. The first-order chi connectivity index (χ1) is 9.16. The lowest BCUT2D eigenvalue weighted by Gasteiger charge is -2.34. The van der Waals surface area contributed by atoms with Crippen LogP contribution in [-0.4, -0.2) is 26.2 Å². The minimum absolute atomic E-state index is 0.0469. The van der Waals surface area contributed by atoms with Crippen molar-refractivity contribution < 1.29 is 20.4 Å². The van der Waals surface area contributed by atoms with Crippen LogP contribution in [0.4, 0.5) is 0 Å². The minimum atomic E-state index is -2.22. The first-order valence-electron chi connectivity index (χ1n) is 6.54. The monoisotopic (exact) mass is 276 g/mol. The molecule has 0 fully saturated rings. The molecule has 0 amide bonds. The van der Waals surface area contributed by atoms with E-state index in [0.717, 1.165) is 5.56 Å². The second kappa shape index (κ2) is 4.65. The Morgan fingerprint density at radius 1 is 1.05 bits per heavy atom. The lowest BCUT2D eigenvalue weighted by atomic mass is 9.80. The molecule has 1 unspecified atom stereocenters. The Kier molecular flexibility index (Phi) is 3.40. The highest BCUT2D eigenvalue weighted by molar-refractivity contribution is 5.81. The molecule has 4 nitrogen and oxygen atoms in total. The van der Waals surface area contributed by atoms with Crippen LogP contribution in [0.5, 0.6) is 5.75 Å². The van der Waals surface area contributed by atoms with Gasteiger partial charge in [-0.1, -0.05) is 19.1 Å². The van der Waals surface area contributed by atoms with Gasteiger partial charge in [-0.2, -0.15) is 0 Å². The molecule has 0 saturated carbocycles. The van der Waals surface area contributed by atoms with E-state index in [4.69, 9.17) is 0 Å². The zero-order valence-electron chi connectivity index (χ0n) is 12.1. The molecule has 0 aliphatic heterocycles. The lowest BCUT2D eigenvalue weighted by Crippen LogP contribution is -2.39. The van der Waals surface area contributed by atoms with E-state index in [-0.39, 0.29) is 22.6 Å². The largest absolute Gasteiger partial charge is 0.507 e. The minimum Gasteiger partial charge on any atom is -0.507 e. The van der Waals surface area contributed by atoms with Gasteiger partial charge in [-0.3, -0.25) is 0 Å². The summed E-state index contributed by atoms with van der Waals surface area (Å²) < 4.78 is 0. The fourth-order valence-corrected chi connectivity index (χ4v) is 2.65. The Morgan fingerprint density at radius 3 is 2.25 bits per heavy atom. The van der Waals surface area contributed by atoms with Gasteiger partial charge in [-0.25, -0.2) is 0 Å². The fourth-order valence-electron chi connectivity index (χ4n) is 2.65. The second-order valence-electron chi connectivity index (χ2n) is 5.57. The van der Waals surface area contributed by atoms with Crippen LogP contribution in [-0.2, 0) is 0 Å². The molecule has 108 valence electrons. The van der Waals surface area contributed by atoms with Crippen molar-refractivity contribution in [2.45, 2.75) is 33.5 Å². The molecule has 0 aromatic heterocycles. The average Bonchev–Trinajstić information content (AvgIpc) is 2.33. The second-order valence-corrected chi connectivity index (χ2v) is 5.57. The summed E-state index contributed by atoms with van der Waals surface area (Å²) in [4.78, 5) is 0. The maximum Gasteiger partial charge on any atom is 0.200 e. The maximum absolute atomic E-state index is 10.3. The van der Waals surface area contributed by atoms with Crippen molar-refractivity contribution in [1.29, 1.82) is 0 Å². The molecule has 1 atom stereocenters. The van der Waals surface area contributed by atoms with Gasteiger partial charge in [0, 0.05) is 11.5 Å². The number of aromatic hydroxyl groups is 1. The van der Waals surface area contributed by atoms with E-state index in [2.05, 4.69) is 0 Å². The topological polar surface area (TPSA) is 80.9 Å². The Balaban J connectivity index is 2.78. The average molecular weight is 276 g/mol. The van der Waals surface area contributed by atoms with Crippen molar-refractivity contribution in [2.24, 2.45) is 5.92 Å². The number of hydrogen-bond acceptors (Lipinski definition) is 4. The van der Waals surface area contributed by atoms with Crippen molar-refractivity contribution in [3.05, 3.63) is 46.2 Å². The van der Waals surface area contributed by atoms with Gasteiger partial charge in [-0.15, -0.1) is 0 Å². The summed E-state index contributed by atoms with van der Waals surface area (Å²) in [6.45, 7) is 6.92. The number of aliphatic hydroxyl groups excluding tert-OH is 1. The van der Waals surface area contributed by atoms with Gasteiger partial charge in [-0.05, 0) is 43.5 Å². The van der Waals surface area contributed by atoms with Crippen LogP contribution in [0.15, 0.2) is 29.5 Å². The molecule has 0 saturated heterocycles. The molecule has 4 N–H and O–H groups in total. The molecule has 4 heteroatoms. The summed E-state index contributed by atoms with van der Waals surface area (Å²) in [5.41, 5.74) is 2.26. The number of allylic oxidation sites excluding steroid dienone is 1. The highest BCUT2D eigenvalue weighted by Crippen LogP contribution is 2.44. The highest BCUT2D eigenvalue weighted by atomic mass is 16.5. The van der Waals surface area contributed by atoms with Crippen LogP contribution >= 0.6 is 0 Å². The molecule has 0 bridgehead atoms. The van der Waals surface area contributed by atoms with E-state index in [1.54, 1.807) is 39.0 Å². The molecule has 0 radical (unpaired) electrons. The first-order valence-corrected chi connectivity index (χ1v) is 6.54. The predicted molar refractivity (Wildman–Crippen MR) is 77.2 cm³/mol. The molecular formula is C16H20O4. The van der Waals surface area contributed by atoms with Crippen molar-refractivity contribution in [1.82, 2.24) is 0 Å². The Hall–Kier alpha value is -1.78. The standard InChI is InChI=1S/C16H20O4/c1-8-5-9(2)14(17)12(6-8)13-15(18)10(3)7-11(4)16(13,19)20/h5-7,11,17-20H,1-4H3. The molecule has 1 aromatic rings. The fraction of sp³-hybridized carbons (Fsp3) is 0.375. The van der Waals surface area contributed by atoms with Crippen LogP contribution < -0.4 is 0 Å². The molecular weight excluding hydrogens is 256 g/mol. The van der Waals surface area contributed by atoms with E-state index in [0.29, 0.717) is 11.1 Å². The highest BCUT2D eigenvalue weighted by Gasteiger charge is 2.42. The zero-order chi connectivity index (χ0) is 15.2. The normalized spacial score (nSPS) is 21.9. The predicted octanol–water partition coefficient (Wildman–Crippen LogP) is 2.56. The molecule has 1 aliphatic rings. The van der Waals surface area contributed by atoms with Crippen molar-refractivity contribution >= 4 is 5.57 Å². The summed E-state index contributed by atoms with van der Waals surface area (Å²) >= 11 is 0. The van der Waals surface area contributed by atoms with E-state index in [9.17, 15) is 20.4 Å². The maximum atomic E-state index is 10.3. The molecule has 1 aliphatic carbocycles. The summed E-state index contributed by atoms with van der Waals surface area (Å²) in [5.74, 6) is -3.06. The van der Waals surface area contributed by atoms with Gasteiger partial charge in [0.2, 0.25) is 0 Å². The number of benzene rings is 1. The van der Waals surface area contributed by atoms with E-state index in [1.165, 1.54) is 0 Å². The molecule has 0 heterocycles. The van der Waals surface area contributed by atoms with Gasteiger partial charge in [0.05, 0.1) is 5.57 Å².